The number of ether oxygens (including phenoxy) is 1. The minimum atomic E-state index is -1.17. The van der Waals surface area contributed by atoms with E-state index in [2.05, 4.69) is 42.5 Å². The monoisotopic (exact) mass is 550 g/mol. The molecular weight excluding hydrogens is 538 g/mol. The summed E-state index contributed by atoms with van der Waals surface area (Å²) >= 11 is 12.5. The number of carboxylic acids is 1. The zero-order chi connectivity index (χ0) is 21.7. The van der Waals surface area contributed by atoms with Gasteiger partial charge in [0.05, 0.1) is 14.6 Å². The Bertz CT molecular complexity index is 964. The Labute approximate surface area is 186 Å². The quantitative estimate of drug-likeness (QED) is 0.474. The van der Waals surface area contributed by atoms with Crippen molar-refractivity contribution in [3.63, 3.8) is 0 Å². The van der Waals surface area contributed by atoms with Gasteiger partial charge in [-0.2, -0.15) is 0 Å². The van der Waals surface area contributed by atoms with Gasteiger partial charge < -0.3 is 20.5 Å². The van der Waals surface area contributed by atoms with E-state index in [9.17, 15) is 18.8 Å². The maximum atomic E-state index is 14.6. The van der Waals surface area contributed by atoms with E-state index in [1.165, 1.54) is 31.2 Å². The highest BCUT2D eigenvalue weighted by Gasteiger charge is 2.17. The standard InChI is InChI=1S/C18H14Br2ClFN2O5/c1-8(25)24-14-5-11(21)2-10(16(14)22)7-29-17-12(19)3-9(4-13(17)20)18(28)23-6-15(26)27/h2-5H,6-7H2,1H3,(H,23,28)(H,24,25)(H,26,27). The van der Waals surface area contributed by atoms with Crippen molar-refractivity contribution in [3.05, 3.63) is 55.2 Å². The second-order valence-corrected chi connectivity index (χ2v) is 7.89. The van der Waals surface area contributed by atoms with Crippen molar-refractivity contribution in [1.29, 1.82) is 0 Å². The maximum absolute atomic E-state index is 14.6. The third-order valence-corrected chi connectivity index (χ3v) is 4.85. The maximum Gasteiger partial charge on any atom is 0.322 e. The molecule has 0 bridgehead atoms. The number of carbonyl (C=O) groups excluding carboxylic acids is 2. The summed E-state index contributed by atoms with van der Waals surface area (Å²) < 4.78 is 21.0. The SMILES string of the molecule is CC(=O)Nc1cc(Cl)cc(COc2c(Br)cc(C(=O)NCC(=O)O)cc2Br)c1F. The molecule has 2 aromatic carbocycles. The highest BCUT2D eigenvalue weighted by Crippen LogP contribution is 2.36. The summed E-state index contributed by atoms with van der Waals surface area (Å²) in [6.45, 7) is 0.524. The highest BCUT2D eigenvalue weighted by molar-refractivity contribution is 9.11. The number of aliphatic carboxylic acids is 1. The minimum absolute atomic E-state index is 0.0628. The molecule has 0 heterocycles. The number of carbonyl (C=O) groups is 3. The Morgan fingerprint density at radius 1 is 1.17 bits per heavy atom. The van der Waals surface area contributed by atoms with Gasteiger partial charge in [-0.3, -0.25) is 14.4 Å². The van der Waals surface area contributed by atoms with Gasteiger partial charge in [0.15, 0.2) is 5.82 Å². The normalized spacial score (nSPS) is 10.4. The number of hydrogen-bond acceptors (Lipinski definition) is 4. The molecule has 0 aliphatic carbocycles. The topological polar surface area (TPSA) is 105 Å². The average molecular weight is 553 g/mol. The van der Waals surface area contributed by atoms with Crippen LogP contribution in [0.1, 0.15) is 22.8 Å². The number of carboxylic acid groups (broad SMARTS) is 1. The van der Waals surface area contributed by atoms with Gasteiger partial charge in [0.25, 0.3) is 5.91 Å². The zero-order valence-electron chi connectivity index (χ0n) is 14.8. The average Bonchev–Trinajstić information content (AvgIpc) is 2.61. The Kier molecular flexibility index (Phi) is 8.00. The molecule has 0 saturated heterocycles. The molecule has 0 aromatic heterocycles. The van der Waals surface area contributed by atoms with E-state index in [0.29, 0.717) is 14.7 Å². The van der Waals surface area contributed by atoms with Crippen LogP contribution in [-0.2, 0) is 16.2 Å². The number of halogens is 4. The van der Waals surface area contributed by atoms with Crippen LogP contribution < -0.4 is 15.4 Å². The lowest BCUT2D eigenvalue weighted by molar-refractivity contribution is -0.135. The number of rotatable bonds is 7. The molecule has 0 aliphatic rings. The molecule has 0 unspecified atom stereocenters. The summed E-state index contributed by atoms with van der Waals surface area (Å²) in [5, 5.41) is 13.5. The first-order valence-electron chi connectivity index (χ1n) is 7.95. The second-order valence-electron chi connectivity index (χ2n) is 5.74. The van der Waals surface area contributed by atoms with Gasteiger partial charge in [0.1, 0.15) is 18.9 Å². The third kappa shape index (κ3) is 6.41. The Morgan fingerprint density at radius 3 is 2.34 bits per heavy atom. The van der Waals surface area contributed by atoms with Gasteiger partial charge in [0, 0.05) is 23.1 Å². The number of amides is 2. The molecule has 2 rings (SSSR count). The Hall–Kier alpha value is -2.17. The van der Waals surface area contributed by atoms with Crippen molar-refractivity contribution in [2.45, 2.75) is 13.5 Å². The van der Waals surface area contributed by atoms with E-state index < -0.39 is 30.1 Å². The minimum Gasteiger partial charge on any atom is -0.486 e. The summed E-state index contributed by atoms with van der Waals surface area (Å²) in [5.74, 6) is -2.58. The largest absolute Gasteiger partial charge is 0.486 e. The van der Waals surface area contributed by atoms with Crippen LogP contribution in [0.3, 0.4) is 0 Å². The molecule has 0 spiro atoms. The smallest absolute Gasteiger partial charge is 0.322 e. The molecule has 0 aliphatic heterocycles. The zero-order valence-corrected chi connectivity index (χ0v) is 18.7. The van der Waals surface area contributed by atoms with Crippen LogP contribution in [0.15, 0.2) is 33.2 Å². The summed E-state index contributed by atoms with van der Waals surface area (Å²) in [4.78, 5) is 33.8. The number of anilines is 1. The van der Waals surface area contributed by atoms with Crippen LogP contribution >= 0.6 is 43.5 Å². The van der Waals surface area contributed by atoms with Crippen molar-refractivity contribution in [3.8, 4) is 5.75 Å². The molecule has 29 heavy (non-hydrogen) atoms. The van der Waals surface area contributed by atoms with Crippen LogP contribution in [0.4, 0.5) is 10.1 Å². The number of benzene rings is 2. The first-order chi connectivity index (χ1) is 13.6. The van der Waals surface area contributed by atoms with Crippen LogP contribution in [0.5, 0.6) is 5.75 Å². The predicted octanol–water partition coefficient (Wildman–Crippen LogP) is 4.36. The van der Waals surface area contributed by atoms with E-state index in [1.807, 2.05) is 0 Å². The summed E-state index contributed by atoms with van der Waals surface area (Å²) in [5.41, 5.74) is 0.245. The molecular formula is C18H14Br2ClFN2O5. The lowest BCUT2D eigenvalue weighted by atomic mass is 10.2. The lowest BCUT2D eigenvalue weighted by Crippen LogP contribution is -2.29. The lowest BCUT2D eigenvalue weighted by Gasteiger charge is -2.14. The molecule has 7 nitrogen and oxygen atoms in total. The first-order valence-corrected chi connectivity index (χ1v) is 9.92. The second kappa shape index (κ2) is 10.0. The molecule has 154 valence electrons. The molecule has 3 N–H and O–H groups in total. The molecule has 2 aromatic rings. The molecule has 0 radical (unpaired) electrons. The molecule has 0 saturated carbocycles. The molecule has 11 heteroatoms. The van der Waals surface area contributed by atoms with Gasteiger partial charge in [-0.05, 0) is 56.1 Å². The van der Waals surface area contributed by atoms with Crippen LogP contribution in [0.2, 0.25) is 5.02 Å². The van der Waals surface area contributed by atoms with Crippen LogP contribution in [-0.4, -0.2) is 29.4 Å². The number of nitrogens with one attached hydrogen (secondary N) is 2. The molecule has 2 amide bonds. The van der Waals surface area contributed by atoms with Crippen LogP contribution in [0, 0.1) is 5.82 Å². The van der Waals surface area contributed by atoms with E-state index >= 15 is 0 Å². The van der Waals surface area contributed by atoms with Crippen molar-refractivity contribution in [2.75, 3.05) is 11.9 Å². The fourth-order valence-electron chi connectivity index (χ4n) is 2.27. The Balaban J connectivity index is 2.21. The van der Waals surface area contributed by atoms with Crippen molar-refractivity contribution < 1.29 is 28.6 Å². The van der Waals surface area contributed by atoms with Crippen LogP contribution in [0.25, 0.3) is 0 Å². The van der Waals surface area contributed by atoms with Gasteiger partial charge in [-0.1, -0.05) is 11.6 Å². The van der Waals surface area contributed by atoms with Crippen molar-refractivity contribution >= 4 is 66.9 Å². The molecule has 0 atom stereocenters. The van der Waals surface area contributed by atoms with Crippen molar-refractivity contribution in [1.82, 2.24) is 5.32 Å². The predicted molar refractivity (Wildman–Crippen MR) is 112 cm³/mol. The van der Waals surface area contributed by atoms with Gasteiger partial charge in [-0.15, -0.1) is 0 Å². The summed E-state index contributed by atoms with van der Waals surface area (Å²) in [6, 6.07) is 5.54. The van der Waals surface area contributed by atoms with Crippen molar-refractivity contribution in [2.24, 2.45) is 0 Å². The molecule has 0 fully saturated rings. The van der Waals surface area contributed by atoms with Gasteiger partial charge in [0.2, 0.25) is 5.91 Å². The third-order valence-electron chi connectivity index (χ3n) is 3.46. The van der Waals surface area contributed by atoms with E-state index in [-0.39, 0.29) is 28.4 Å². The fraction of sp³-hybridized carbons (Fsp3) is 0.167. The van der Waals surface area contributed by atoms with Gasteiger partial charge >= 0.3 is 5.97 Å². The first kappa shape index (κ1) is 23.1. The van der Waals surface area contributed by atoms with Gasteiger partial charge in [-0.25, -0.2) is 4.39 Å². The summed E-state index contributed by atoms with van der Waals surface area (Å²) in [6.07, 6.45) is 0. The fourth-order valence-corrected chi connectivity index (χ4v) is 3.92. The van der Waals surface area contributed by atoms with E-state index in [4.69, 9.17) is 21.4 Å². The van der Waals surface area contributed by atoms with E-state index in [1.54, 1.807) is 0 Å². The summed E-state index contributed by atoms with van der Waals surface area (Å²) in [7, 11) is 0. The number of hydrogen-bond donors (Lipinski definition) is 3. The highest BCUT2D eigenvalue weighted by atomic mass is 79.9. The van der Waals surface area contributed by atoms with E-state index in [0.717, 1.165) is 0 Å². The Morgan fingerprint density at radius 2 is 1.79 bits per heavy atom.